The highest BCUT2D eigenvalue weighted by molar-refractivity contribution is 6.05. The largest absolute Gasteiger partial charge is 0.497 e. The van der Waals surface area contributed by atoms with Gasteiger partial charge >= 0.3 is 5.97 Å². The van der Waals surface area contributed by atoms with E-state index >= 15 is 0 Å². The molecule has 2 atom stereocenters. The SMILES string of the molecule is CCOC(=O)c1[nH]c2ccc(OC)cc2c1N=NN1C[C@@H](C)O[C@H](C)C1. The molecule has 8 nitrogen and oxygen atoms in total. The van der Waals surface area contributed by atoms with Crippen LogP contribution in [0.1, 0.15) is 31.3 Å². The molecule has 1 N–H and O–H groups in total. The van der Waals surface area contributed by atoms with Gasteiger partial charge in [0, 0.05) is 10.9 Å². The first-order valence-corrected chi connectivity index (χ1v) is 8.70. The Morgan fingerprint density at radius 3 is 2.73 bits per heavy atom. The molecule has 3 rings (SSSR count). The summed E-state index contributed by atoms with van der Waals surface area (Å²) in [6.45, 7) is 7.34. The molecule has 1 aliphatic heterocycles. The van der Waals surface area contributed by atoms with Gasteiger partial charge in [-0.25, -0.2) is 4.79 Å². The van der Waals surface area contributed by atoms with Gasteiger partial charge in [-0.2, -0.15) is 0 Å². The van der Waals surface area contributed by atoms with Gasteiger partial charge in [-0.15, -0.1) is 5.11 Å². The number of carbonyl (C=O) groups excluding carboxylic acids is 1. The van der Waals surface area contributed by atoms with Crippen LogP contribution in [0.4, 0.5) is 5.69 Å². The van der Waals surface area contributed by atoms with Gasteiger partial charge in [0.15, 0.2) is 5.69 Å². The van der Waals surface area contributed by atoms with Crippen LogP contribution in [-0.4, -0.2) is 55.0 Å². The van der Waals surface area contributed by atoms with E-state index in [1.54, 1.807) is 14.0 Å². The number of esters is 1. The topological polar surface area (TPSA) is 88.5 Å². The molecule has 140 valence electrons. The summed E-state index contributed by atoms with van der Waals surface area (Å²) in [4.78, 5) is 15.4. The van der Waals surface area contributed by atoms with Gasteiger partial charge in [0.25, 0.3) is 0 Å². The van der Waals surface area contributed by atoms with Crippen LogP contribution in [0.3, 0.4) is 0 Å². The number of ether oxygens (including phenoxy) is 3. The third-order valence-corrected chi connectivity index (χ3v) is 4.13. The lowest BCUT2D eigenvalue weighted by Crippen LogP contribution is -2.42. The van der Waals surface area contributed by atoms with Crippen LogP contribution in [0.5, 0.6) is 5.75 Å². The summed E-state index contributed by atoms with van der Waals surface area (Å²) >= 11 is 0. The quantitative estimate of drug-likeness (QED) is 0.651. The average Bonchev–Trinajstić information content (AvgIpc) is 2.97. The zero-order chi connectivity index (χ0) is 18.7. The van der Waals surface area contributed by atoms with E-state index in [9.17, 15) is 4.79 Å². The second-order valence-electron chi connectivity index (χ2n) is 6.30. The number of nitrogens with zero attached hydrogens (tertiary/aromatic N) is 3. The Kier molecular flexibility index (Phi) is 5.41. The number of morpholine rings is 1. The van der Waals surface area contributed by atoms with E-state index in [4.69, 9.17) is 14.2 Å². The minimum absolute atomic E-state index is 0.0743. The Bertz CT molecular complexity index is 807. The highest BCUT2D eigenvalue weighted by Crippen LogP contribution is 2.34. The van der Waals surface area contributed by atoms with Crippen molar-refractivity contribution < 1.29 is 19.0 Å². The van der Waals surface area contributed by atoms with E-state index in [0.29, 0.717) is 24.5 Å². The lowest BCUT2D eigenvalue weighted by Gasteiger charge is -2.32. The number of hydrogen-bond donors (Lipinski definition) is 1. The number of aromatic nitrogens is 1. The first kappa shape index (κ1) is 18.2. The molecule has 0 unspecified atom stereocenters. The van der Waals surface area contributed by atoms with Crippen molar-refractivity contribution >= 4 is 22.6 Å². The van der Waals surface area contributed by atoms with Crippen molar-refractivity contribution in [2.45, 2.75) is 33.0 Å². The van der Waals surface area contributed by atoms with Gasteiger partial charge in [-0.05, 0) is 39.0 Å². The molecule has 0 amide bonds. The number of hydrogen-bond acceptors (Lipinski definition) is 6. The third kappa shape index (κ3) is 3.80. The number of rotatable bonds is 5. The van der Waals surface area contributed by atoms with Crippen LogP contribution in [0, 0.1) is 0 Å². The Hall–Kier alpha value is -2.61. The van der Waals surface area contributed by atoms with Crippen LogP contribution in [0.15, 0.2) is 28.5 Å². The van der Waals surface area contributed by atoms with E-state index in [1.807, 2.05) is 37.1 Å². The number of carbonyl (C=O) groups is 1. The zero-order valence-electron chi connectivity index (χ0n) is 15.5. The molecular formula is C18H24N4O4. The maximum atomic E-state index is 12.3. The number of fused-ring (bicyclic) bond motifs is 1. The summed E-state index contributed by atoms with van der Waals surface area (Å²) in [6.07, 6.45) is 0.149. The lowest BCUT2D eigenvalue weighted by molar-refractivity contribution is -0.0697. The predicted molar refractivity (Wildman–Crippen MR) is 96.9 cm³/mol. The van der Waals surface area contributed by atoms with Crippen molar-refractivity contribution in [1.29, 1.82) is 0 Å². The lowest BCUT2D eigenvalue weighted by atomic mass is 10.2. The molecule has 2 heterocycles. The molecule has 0 aliphatic carbocycles. The number of aromatic amines is 1. The van der Waals surface area contributed by atoms with Crippen LogP contribution >= 0.6 is 0 Å². The number of nitrogens with one attached hydrogen (secondary N) is 1. The van der Waals surface area contributed by atoms with Gasteiger partial charge in [0.05, 0.1) is 39.0 Å². The minimum atomic E-state index is -0.458. The minimum Gasteiger partial charge on any atom is -0.497 e. The third-order valence-electron chi connectivity index (χ3n) is 4.13. The molecule has 1 aromatic carbocycles. The molecule has 0 bridgehead atoms. The van der Waals surface area contributed by atoms with Crippen molar-refractivity contribution in [3.05, 3.63) is 23.9 Å². The fourth-order valence-corrected chi connectivity index (χ4v) is 3.07. The summed E-state index contributed by atoms with van der Waals surface area (Å²) in [7, 11) is 1.60. The van der Waals surface area contributed by atoms with Crippen LogP contribution in [-0.2, 0) is 9.47 Å². The zero-order valence-corrected chi connectivity index (χ0v) is 15.5. The Balaban J connectivity index is 1.99. The summed E-state index contributed by atoms with van der Waals surface area (Å²) in [5.74, 6) is 0.220. The fourth-order valence-electron chi connectivity index (χ4n) is 3.07. The van der Waals surface area contributed by atoms with Gasteiger partial charge in [-0.3, -0.25) is 5.01 Å². The van der Waals surface area contributed by atoms with E-state index in [1.165, 1.54) is 0 Å². The van der Waals surface area contributed by atoms with Crippen molar-refractivity contribution in [2.75, 3.05) is 26.8 Å². The maximum absolute atomic E-state index is 12.3. The molecule has 0 saturated carbocycles. The number of methoxy groups -OCH3 is 1. The van der Waals surface area contributed by atoms with E-state index < -0.39 is 5.97 Å². The molecule has 1 aliphatic rings. The predicted octanol–water partition coefficient (Wildman–Crippen LogP) is 3.46. The molecule has 26 heavy (non-hydrogen) atoms. The maximum Gasteiger partial charge on any atom is 0.357 e. The van der Waals surface area contributed by atoms with Crippen LogP contribution < -0.4 is 4.74 Å². The van der Waals surface area contributed by atoms with Crippen LogP contribution in [0.2, 0.25) is 0 Å². The highest BCUT2D eigenvalue weighted by atomic mass is 16.5. The molecular weight excluding hydrogens is 336 g/mol. The van der Waals surface area contributed by atoms with Crippen molar-refractivity contribution in [3.8, 4) is 5.75 Å². The van der Waals surface area contributed by atoms with Crippen molar-refractivity contribution in [2.24, 2.45) is 10.3 Å². The van der Waals surface area contributed by atoms with Crippen molar-refractivity contribution in [3.63, 3.8) is 0 Å². The summed E-state index contributed by atoms with van der Waals surface area (Å²) in [6, 6.07) is 5.49. The summed E-state index contributed by atoms with van der Waals surface area (Å²) in [5.41, 5.74) is 1.50. The number of benzene rings is 1. The standard InChI is InChI=1S/C18H24N4O4/c1-5-25-18(23)17-16(14-8-13(24-4)6-7-15(14)19-17)20-21-22-9-11(2)26-12(3)10-22/h6-8,11-12,19H,5,9-10H2,1-4H3/t11-,12-/m1/s1. The average molecular weight is 360 g/mol. The Morgan fingerprint density at radius 1 is 1.35 bits per heavy atom. The van der Waals surface area contributed by atoms with Gasteiger partial charge in [0.1, 0.15) is 11.4 Å². The van der Waals surface area contributed by atoms with E-state index in [2.05, 4.69) is 15.3 Å². The Morgan fingerprint density at radius 2 is 2.08 bits per heavy atom. The van der Waals surface area contributed by atoms with Gasteiger partial charge < -0.3 is 19.2 Å². The molecule has 0 radical (unpaired) electrons. The summed E-state index contributed by atoms with van der Waals surface area (Å²) < 4.78 is 16.1. The second-order valence-corrected chi connectivity index (χ2v) is 6.30. The molecule has 1 fully saturated rings. The van der Waals surface area contributed by atoms with Gasteiger partial charge in [0.2, 0.25) is 0 Å². The monoisotopic (exact) mass is 360 g/mol. The molecule has 1 aromatic heterocycles. The van der Waals surface area contributed by atoms with E-state index in [0.717, 1.165) is 10.9 Å². The molecule has 2 aromatic rings. The fraction of sp³-hybridized carbons (Fsp3) is 0.500. The smallest absolute Gasteiger partial charge is 0.357 e. The van der Waals surface area contributed by atoms with Gasteiger partial charge in [-0.1, -0.05) is 5.22 Å². The molecule has 0 spiro atoms. The van der Waals surface area contributed by atoms with E-state index in [-0.39, 0.29) is 24.5 Å². The first-order valence-electron chi connectivity index (χ1n) is 8.70. The molecule has 1 saturated heterocycles. The normalized spacial score (nSPS) is 20.7. The Labute approximate surface area is 152 Å². The summed E-state index contributed by atoms with van der Waals surface area (Å²) in [5, 5.41) is 11.3. The molecule has 8 heteroatoms. The van der Waals surface area contributed by atoms with Crippen LogP contribution in [0.25, 0.3) is 10.9 Å². The highest BCUT2D eigenvalue weighted by Gasteiger charge is 2.23. The number of H-pyrrole nitrogens is 1. The second kappa shape index (κ2) is 7.74. The van der Waals surface area contributed by atoms with Crippen molar-refractivity contribution in [1.82, 2.24) is 9.99 Å². The first-order chi connectivity index (χ1) is 12.5.